The molecule has 17 heavy (non-hydrogen) atoms. The number of methoxy groups -OCH3 is 1. The first-order chi connectivity index (χ1) is 8.12. The van der Waals surface area contributed by atoms with Crippen LogP contribution in [0.4, 0.5) is 0 Å². The first-order valence-corrected chi connectivity index (χ1v) is 6.17. The number of ether oxygens (including phenoxy) is 2. The van der Waals surface area contributed by atoms with Gasteiger partial charge in [0.05, 0.1) is 18.2 Å². The number of para-hydroxylation sites is 1. The predicted molar refractivity (Wildman–Crippen MR) is 68.3 cm³/mol. The lowest BCUT2D eigenvalue weighted by atomic mass is 9.87. The molecule has 0 fully saturated rings. The quantitative estimate of drug-likeness (QED) is 0.871. The lowest BCUT2D eigenvalue weighted by molar-refractivity contribution is -0.0199. The molecule has 0 amide bonds. The Morgan fingerprint density at radius 1 is 1.53 bits per heavy atom. The van der Waals surface area contributed by atoms with E-state index < -0.39 is 0 Å². The van der Waals surface area contributed by atoms with Crippen molar-refractivity contribution in [3.8, 4) is 5.75 Å². The molecule has 1 aliphatic rings. The van der Waals surface area contributed by atoms with E-state index in [1.807, 2.05) is 13.0 Å². The van der Waals surface area contributed by atoms with Crippen molar-refractivity contribution in [3.63, 3.8) is 0 Å². The summed E-state index contributed by atoms with van der Waals surface area (Å²) in [6.45, 7) is 4.90. The zero-order chi connectivity index (χ0) is 12.5. The van der Waals surface area contributed by atoms with Crippen LogP contribution in [0.3, 0.4) is 0 Å². The molecule has 94 valence electrons. The van der Waals surface area contributed by atoms with Crippen molar-refractivity contribution >= 4 is 0 Å². The molecular formula is C14H21NO2. The molecule has 1 aliphatic heterocycles. The largest absolute Gasteiger partial charge is 0.493 e. The molecule has 0 aromatic heterocycles. The number of rotatable bonds is 4. The Kier molecular flexibility index (Phi) is 3.40. The molecular weight excluding hydrogens is 214 g/mol. The molecule has 2 rings (SSSR count). The maximum Gasteiger partial charge on any atom is 0.127 e. The molecule has 2 unspecified atom stereocenters. The zero-order valence-corrected chi connectivity index (χ0v) is 10.8. The van der Waals surface area contributed by atoms with E-state index >= 15 is 0 Å². The fourth-order valence-electron chi connectivity index (χ4n) is 2.31. The van der Waals surface area contributed by atoms with E-state index in [2.05, 4.69) is 19.1 Å². The van der Waals surface area contributed by atoms with E-state index in [0.29, 0.717) is 0 Å². The van der Waals surface area contributed by atoms with Gasteiger partial charge >= 0.3 is 0 Å². The Morgan fingerprint density at radius 3 is 2.94 bits per heavy atom. The number of hydrogen-bond donors (Lipinski definition) is 1. The summed E-state index contributed by atoms with van der Waals surface area (Å²) in [6, 6.07) is 6.04. The molecule has 0 saturated heterocycles. The lowest BCUT2D eigenvalue weighted by Gasteiger charge is -2.34. The zero-order valence-electron chi connectivity index (χ0n) is 10.8. The van der Waals surface area contributed by atoms with Crippen molar-refractivity contribution in [2.75, 3.05) is 13.7 Å². The van der Waals surface area contributed by atoms with Crippen LogP contribution in [0.2, 0.25) is 0 Å². The van der Waals surface area contributed by atoms with Crippen LogP contribution in [0.15, 0.2) is 18.2 Å². The minimum Gasteiger partial charge on any atom is -0.493 e. The van der Waals surface area contributed by atoms with E-state index in [-0.39, 0.29) is 11.6 Å². The highest BCUT2D eigenvalue weighted by atomic mass is 16.5. The van der Waals surface area contributed by atoms with Gasteiger partial charge in [0.25, 0.3) is 0 Å². The normalized spacial score (nSPS) is 19.3. The van der Waals surface area contributed by atoms with Gasteiger partial charge in [-0.1, -0.05) is 25.1 Å². The van der Waals surface area contributed by atoms with E-state index in [0.717, 1.165) is 30.8 Å². The highest BCUT2D eigenvalue weighted by Gasteiger charge is 2.34. The summed E-state index contributed by atoms with van der Waals surface area (Å²) in [7, 11) is 1.72. The average molecular weight is 235 g/mol. The fourth-order valence-corrected chi connectivity index (χ4v) is 2.31. The van der Waals surface area contributed by atoms with Crippen LogP contribution < -0.4 is 10.5 Å². The van der Waals surface area contributed by atoms with Gasteiger partial charge in [0.1, 0.15) is 5.75 Å². The maximum absolute atomic E-state index is 6.36. The van der Waals surface area contributed by atoms with Crippen LogP contribution >= 0.6 is 0 Å². The molecule has 0 aliphatic carbocycles. The third kappa shape index (κ3) is 2.05. The minimum absolute atomic E-state index is 0.162. The highest BCUT2D eigenvalue weighted by Crippen LogP contribution is 2.38. The standard InChI is InChI=1S/C14H21NO2/c1-4-14(2,16-3)13(15)11-7-5-6-10-8-9-17-12(10)11/h5-7,13H,4,8-9,15H2,1-3H3. The Labute approximate surface area is 103 Å². The number of benzene rings is 1. The van der Waals surface area contributed by atoms with E-state index in [1.54, 1.807) is 7.11 Å². The van der Waals surface area contributed by atoms with Crippen molar-refractivity contribution in [1.29, 1.82) is 0 Å². The van der Waals surface area contributed by atoms with Crippen LogP contribution in [0, 0.1) is 0 Å². The van der Waals surface area contributed by atoms with Crippen LogP contribution in [0.25, 0.3) is 0 Å². The van der Waals surface area contributed by atoms with Crippen LogP contribution in [-0.4, -0.2) is 19.3 Å². The van der Waals surface area contributed by atoms with Gasteiger partial charge in [-0.25, -0.2) is 0 Å². The molecule has 0 bridgehead atoms. The molecule has 3 heteroatoms. The third-order valence-electron chi connectivity index (χ3n) is 3.91. The summed E-state index contributed by atoms with van der Waals surface area (Å²) in [5.74, 6) is 0.969. The summed E-state index contributed by atoms with van der Waals surface area (Å²) in [4.78, 5) is 0. The molecule has 2 N–H and O–H groups in total. The average Bonchev–Trinajstić information content (AvgIpc) is 2.85. The molecule has 1 heterocycles. The van der Waals surface area contributed by atoms with Crippen molar-refractivity contribution in [3.05, 3.63) is 29.3 Å². The van der Waals surface area contributed by atoms with Gasteiger partial charge in [-0.05, 0) is 18.9 Å². The predicted octanol–water partition coefficient (Wildman–Crippen LogP) is 2.44. The van der Waals surface area contributed by atoms with Gasteiger partial charge in [-0.2, -0.15) is 0 Å². The minimum atomic E-state index is -0.346. The van der Waals surface area contributed by atoms with E-state index in [1.165, 1.54) is 5.56 Å². The van der Waals surface area contributed by atoms with E-state index in [9.17, 15) is 0 Å². The van der Waals surface area contributed by atoms with Gasteiger partial charge in [0.15, 0.2) is 0 Å². The first kappa shape index (κ1) is 12.4. The van der Waals surface area contributed by atoms with Crippen molar-refractivity contribution in [1.82, 2.24) is 0 Å². The highest BCUT2D eigenvalue weighted by molar-refractivity contribution is 5.46. The second kappa shape index (κ2) is 4.67. The van der Waals surface area contributed by atoms with Gasteiger partial charge in [0.2, 0.25) is 0 Å². The molecule has 0 saturated carbocycles. The van der Waals surface area contributed by atoms with Crippen molar-refractivity contribution in [2.45, 2.75) is 38.3 Å². The SMILES string of the molecule is CCC(C)(OC)C(N)c1cccc2c1OCC2. The van der Waals surface area contributed by atoms with E-state index in [4.69, 9.17) is 15.2 Å². The van der Waals surface area contributed by atoms with Gasteiger partial charge in [-0.3, -0.25) is 0 Å². The van der Waals surface area contributed by atoms with Crippen molar-refractivity contribution < 1.29 is 9.47 Å². The van der Waals surface area contributed by atoms with Crippen LogP contribution in [0.1, 0.15) is 37.4 Å². The molecule has 0 radical (unpaired) electrons. The molecule has 0 spiro atoms. The summed E-state index contributed by atoms with van der Waals surface area (Å²) in [5, 5.41) is 0. The molecule has 2 atom stereocenters. The van der Waals surface area contributed by atoms with Crippen LogP contribution in [0.5, 0.6) is 5.75 Å². The van der Waals surface area contributed by atoms with Crippen LogP contribution in [-0.2, 0) is 11.2 Å². The Hall–Kier alpha value is -1.06. The number of fused-ring (bicyclic) bond motifs is 1. The third-order valence-corrected chi connectivity index (χ3v) is 3.91. The second-order valence-corrected chi connectivity index (χ2v) is 4.78. The van der Waals surface area contributed by atoms with Gasteiger partial charge in [-0.15, -0.1) is 0 Å². The number of hydrogen-bond acceptors (Lipinski definition) is 3. The Morgan fingerprint density at radius 2 is 2.29 bits per heavy atom. The summed E-state index contributed by atoms with van der Waals surface area (Å²) >= 11 is 0. The molecule has 3 nitrogen and oxygen atoms in total. The lowest BCUT2D eigenvalue weighted by Crippen LogP contribution is -2.39. The maximum atomic E-state index is 6.36. The summed E-state index contributed by atoms with van der Waals surface area (Å²) in [5.41, 5.74) is 8.33. The smallest absolute Gasteiger partial charge is 0.127 e. The summed E-state index contributed by atoms with van der Waals surface area (Å²) in [6.07, 6.45) is 1.85. The Bertz CT molecular complexity index is 399. The molecule has 1 aromatic carbocycles. The fraction of sp³-hybridized carbons (Fsp3) is 0.571. The number of nitrogens with two attached hydrogens (primary N) is 1. The monoisotopic (exact) mass is 235 g/mol. The molecule has 1 aromatic rings. The summed E-state index contributed by atoms with van der Waals surface area (Å²) < 4.78 is 11.3. The van der Waals surface area contributed by atoms with Crippen molar-refractivity contribution in [2.24, 2.45) is 5.73 Å². The topological polar surface area (TPSA) is 44.5 Å². The second-order valence-electron chi connectivity index (χ2n) is 4.78. The first-order valence-electron chi connectivity index (χ1n) is 6.17. The Balaban J connectivity index is 2.38. The van der Waals surface area contributed by atoms with Gasteiger partial charge < -0.3 is 15.2 Å². The van der Waals surface area contributed by atoms with Gasteiger partial charge in [0, 0.05) is 19.1 Å².